The van der Waals surface area contributed by atoms with Crippen LogP contribution in [0.3, 0.4) is 0 Å². The molecule has 0 aliphatic rings. The molecular formula is C18H21F3IN3O. The minimum absolute atomic E-state index is 0.0749. The highest BCUT2D eigenvalue weighted by molar-refractivity contribution is 14.1. The molecule has 0 radical (unpaired) electrons. The highest BCUT2D eigenvalue weighted by Crippen LogP contribution is 2.35. The standard InChI is InChI=1S/C18H21F3IN3O/c1-3-4-5-6-9-26-16-14(18(19,20)21)11-23-17(25-16)24-15-8-7-13(22)10-12(15)2/h7-8,10-11H,3-6,9H2,1-2H3,(H,23,24,25). The van der Waals surface area contributed by atoms with E-state index < -0.39 is 17.6 Å². The Morgan fingerprint density at radius 3 is 2.62 bits per heavy atom. The van der Waals surface area contributed by atoms with Crippen LogP contribution < -0.4 is 10.1 Å². The largest absolute Gasteiger partial charge is 0.477 e. The summed E-state index contributed by atoms with van der Waals surface area (Å²) in [5.41, 5.74) is 0.722. The molecule has 26 heavy (non-hydrogen) atoms. The molecule has 0 amide bonds. The molecule has 1 N–H and O–H groups in total. The lowest BCUT2D eigenvalue weighted by molar-refractivity contribution is -0.139. The van der Waals surface area contributed by atoms with Crippen LogP contribution in [0.4, 0.5) is 24.8 Å². The minimum atomic E-state index is -4.56. The van der Waals surface area contributed by atoms with Crippen molar-refractivity contribution in [3.8, 4) is 5.88 Å². The van der Waals surface area contributed by atoms with Crippen LogP contribution in [0.15, 0.2) is 24.4 Å². The average molecular weight is 479 g/mol. The molecule has 0 fully saturated rings. The predicted molar refractivity (Wildman–Crippen MR) is 104 cm³/mol. The lowest BCUT2D eigenvalue weighted by atomic mass is 10.2. The summed E-state index contributed by atoms with van der Waals surface area (Å²) in [5, 5.41) is 2.96. The SMILES string of the molecule is CCCCCCOc1nc(Nc2ccc(I)cc2C)ncc1C(F)(F)F. The summed E-state index contributed by atoms with van der Waals surface area (Å²) in [4.78, 5) is 7.75. The van der Waals surface area contributed by atoms with Crippen molar-refractivity contribution in [2.75, 3.05) is 11.9 Å². The number of rotatable bonds is 8. The monoisotopic (exact) mass is 479 g/mol. The van der Waals surface area contributed by atoms with E-state index in [4.69, 9.17) is 4.74 Å². The van der Waals surface area contributed by atoms with Gasteiger partial charge in [-0.25, -0.2) is 4.98 Å². The van der Waals surface area contributed by atoms with E-state index in [2.05, 4.69) is 44.8 Å². The van der Waals surface area contributed by atoms with Crippen molar-refractivity contribution in [2.45, 2.75) is 45.7 Å². The molecule has 2 rings (SSSR count). The number of aryl methyl sites for hydroxylation is 1. The number of hydrogen-bond donors (Lipinski definition) is 1. The quantitative estimate of drug-likeness (QED) is 0.367. The smallest absolute Gasteiger partial charge is 0.423 e. The second-order valence-electron chi connectivity index (χ2n) is 5.90. The molecule has 0 unspecified atom stereocenters. The molecule has 0 bridgehead atoms. The van der Waals surface area contributed by atoms with E-state index >= 15 is 0 Å². The van der Waals surface area contributed by atoms with E-state index in [0.717, 1.165) is 40.3 Å². The zero-order valence-electron chi connectivity index (χ0n) is 14.7. The van der Waals surface area contributed by atoms with Gasteiger partial charge in [-0.1, -0.05) is 26.2 Å². The van der Waals surface area contributed by atoms with Crippen LogP contribution in [-0.2, 0) is 6.18 Å². The molecule has 0 spiro atoms. The highest BCUT2D eigenvalue weighted by Gasteiger charge is 2.36. The number of benzene rings is 1. The van der Waals surface area contributed by atoms with Gasteiger partial charge in [0, 0.05) is 15.5 Å². The van der Waals surface area contributed by atoms with Gasteiger partial charge in [0.25, 0.3) is 0 Å². The first kappa shape index (κ1) is 20.7. The van der Waals surface area contributed by atoms with Gasteiger partial charge in [-0.3, -0.25) is 0 Å². The fraction of sp³-hybridized carbons (Fsp3) is 0.444. The summed E-state index contributed by atoms with van der Waals surface area (Å²) in [6.45, 7) is 4.17. The van der Waals surface area contributed by atoms with Crippen LogP contribution in [0.1, 0.15) is 43.7 Å². The third kappa shape index (κ3) is 6.00. The number of unbranched alkanes of at least 4 members (excludes halogenated alkanes) is 3. The van der Waals surface area contributed by atoms with Crippen LogP contribution in [0.25, 0.3) is 0 Å². The van der Waals surface area contributed by atoms with Crippen molar-refractivity contribution in [2.24, 2.45) is 0 Å². The minimum Gasteiger partial charge on any atom is -0.477 e. The van der Waals surface area contributed by atoms with Gasteiger partial charge < -0.3 is 10.1 Å². The Kier molecular flexibility index (Phi) is 7.48. The van der Waals surface area contributed by atoms with Crippen molar-refractivity contribution < 1.29 is 17.9 Å². The number of halogens is 4. The third-order valence-corrected chi connectivity index (χ3v) is 4.40. The molecule has 8 heteroatoms. The summed E-state index contributed by atoms with van der Waals surface area (Å²) < 4.78 is 45.9. The van der Waals surface area contributed by atoms with Gasteiger partial charge in [-0.2, -0.15) is 18.2 Å². The zero-order chi connectivity index (χ0) is 19.2. The van der Waals surface area contributed by atoms with Crippen LogP contribution >= 0.6 is 22.6 Å². The van der Waals surface area contributed by atoms with E-state index in [-0.39, 0.29) is 12.6 Å². The van der Waals surface area contributed by atoms with Gasteiger partial charge in [0.05, 0.1) is 6.61 Å². The van der Waals surface area contributed by atoms with Crippen molar-refractivity contribution in [1.29, 1.82) is 0 Å². The summed E-state index contributed by atoms with van der Waals surface area (Å²) in [6.07, 6.45) is -0.123. The van der Waals surface area contributed by atoms with E-state index in [1.54, 1.807) is 0 Å². The predicted octanol–water partition coefficient (Wildman–Crippen LogP) is 6.11. The highest BCUT2D eigenvalue weighted by atomic mass is 127. The van der Waals surface area contributed by atoms with Gasteiger partial charge in [-0.15, -0.1) is 0 Å². The molecule has 4 nitrogen and oxygen atoms in total. The average Bonchev–Trinajstić information content (AvgIpc) is 2.56. The topological polar surface area (TPSA) is 47.0 Å². The molecule has 1 aromatic carbocycles. The number of ether oxygens (including phenoxy) is 1. The fourth-order valence-corrected chi connectivity index (χ4v) is 2.96. The van der Waals surface area contributed by atoms with Crippen molar-refractivity contribution in [1.82, 2.24) is 9.97 Å². The maximum atomic E-state index is 13.2. The fourth-order valence-electron chi connectivity index (χ4n) is 2.32. The van der Waals surface area contributed by atoms with Gasteiger partial charge in [0.2, 0.25) is 11.8 Å². The van der Waals surface area contributed by atoms with Gasteiger partial charge in [-0.05, 0) is 59.7 Å². The number of aromatic nitrogens is 2. The van der Waals surface area contributed by atoms with Crippen molar-refractivity contribution in [3.63, 3.8) is 0 Å². The Labute approximate surface area is 164 Å². The van der Waals surface area contributed by atoms with Crippen LogP contribution in [0.2, 0.25) is 0 Å². The summed E-state index contributed by atoms with van der Waals surface area (Å²) >= 11 is 2.19. The van der Waals surface area contributed by atoms with Gasteiger partial charge >= 0.3 is 6.18 Å². The van der Waals surface area contributed by atoms with E-state index in [9.17, 15) is 13.2 Å². The number of nitrogens with zero attached hydrogens (tertiary/aromatic N) is 2. The Hall–Kier alpha value is -1.58. The first-order chi connectivity index (χ1) is 12.3. The van der Waals surface area contributed by atoms with Crippen molar-refractivity contribution in [3.05, 3.63) is 39.1 Å². The second-order valence-corrected chi connectivity index (χ2v) is 7.15. The lowest BCUT2D eigenvalue weighted by Crippen LogP contribution is -2.13. The van der Waals surface area contributed by atoms with Crippen molar-refractivity contribution >= 4 is 34.2 Å². The van der Waals surface area contributed by atoms with E-state index in [1.807, 2.05) is 25.1 Å². The molecule has 1 heterocycles. The number of alkyl halides is 3. The number of anilines is 2. The zero-order valence-corrected chi connectivity index (χ0v) is 16.8. The molecule has 0 atom stereocenters. The Bertz CT molecular complexity index is 738. The van der Waals surface area contributed by atoms with Gasteiger partial charge in [0.1, 0.15) is 5.56 Å². The molecule has 142 valence electrons. The first-order valence-electron chi connectivity index (χ1n) is 8.41. The molecular weight excluding hydrogens is 458 g/mol. The van der Waals surface area contributed by atoms with E-state index in [1.165, 1.54) is 0 Å². The van der Waals surface area contributed by atoms with Crippen LogP contribution in [0, 0.1) is 10.5 Å². The lowest BCUT2D eigenvalue weighted by Gasteiger charge is -2.15. The Morgan fingerprint density at radius 2 is 1.96 bits per heavy atom. The maximum absolute atomic E-state index is 13.2. The molecule has 0 aliphatic carbocycles. The normalized spacial score (nSPS) is 11.5. The molecule has 0 saturated carbocycles. The molecule has 1 aromatic heterocycles. The van der Waals surface area contributed by atoms with E-state index in [0.29, 0.717) is 6.42 Å². The molecule has 0 saturated heterocycles. The maximum Gasteiger partial charge on any atom is 0.423 e. The number of hydrogen-bond acceptors (Lipinski definition) is 4. The Balaban J connectivity index is 2.18. The van der Waals surface area contributed by atoms with Crippen LogP contribution in [0.5, 0.6) is 5.88 Å². The summed E-state index contributed by atoms with van der Waals surface area (Å²) in [5.74, 6) is -0.361. The Morgan fingerprint density at radius 1 is 1.19 bits per heavy atom. The second kappa shape index (κ2) is 9.38. The van der Waals surface area contributed by atoms with Gasteiger partial charge in [0.15, 0.2) is 0 Å². The molecule has 0 aliphatic heterocycles. The van der Waals surface area contributed by atoms with Crippen LogP contribution in [-0.4, -0.2) is 16.6 Å². The summed E-state index contributed by atoms with van der Waals surface area (Å²) in [7, 11) is 0. The first-order valence-corrected chi connectivity index (χ1v) is 9.49. The third-order valence-electron chi connectivity index (χ3n) is 3.73. The number of nitrogens with one attached hydrogen (secondary N) is 1. The molecule has 2 aromatic rings. The summed E-state index contributed by atoms with van der Waals surface area (Å²) in [6, 6.07) is 5.69.